The number of rotatable bonds is 1. The second-order valence-corrected chi connectivity index (χ2v) is 3.81. The Kier molecular flexibility index (Phi) is 2.33. The molecule has 2 rings (SSSR count). The van der Waals surface area contributed by atoms with Crippen molar-refractivity contribution in [3.63, 3.8) is 0 Å². The molecule has 0 saturated heterocycles. The predicted octanol–water partition coefficient (Wildman–Crippen LogP) is 1.61. The molecular weight excluding hydrogens is 188 g/mol. The van der Waals surface area contributed by atoms with Crippen LogP contribution < -0.4 is 0 Å². The summed E-state index contributed by atoms with van der Waals surface area (Å²) in [6.07, 6.45) is 0.823. The van der Waals surface area contributed by atoms with Crippen molar-refractivity contribution < 1.29 is 14.3 Å². The van der Waals surface area contributed by atoms with Gasteiger partial charge in [-0.3, -0.25) is 0 Å². The maximum absolute atomic E-state index is 11.3. The number of ether oxygens (including phenoxy) is 2. The Hall–Kier alpha value is -0.870. The van der Waals surface area contributed by atoms with E-state index in [1.165, 1.54) is 7.11 Å². The number of fused-ring (bicyclic) bond motifs is 1. The average molecular weight is 198 g/mol. The lowest BCUT2D eigenvalue weighted by atomic mass is 10.1. The lowest BCUT2D eigenvalue weighted by Gasteiger charge is -2.12. The summed E-state index contributed by atoms with van der Waals surface area (Å²) >= 11 is 1.57. The van der Waals surface area contributed by atoms with Gasteiger partial charge in [-0.1, -0.05) is 0 Å². The normalized spacial score (nSPS) is 15.2. The Balaban J connectivity index is 2.36. The highest BCUT2D eigenvalue weighted by molar-refractivity contribution is 7.10. The smallest absolute Gasteiger partial charge is 0.338 e. The number of hydrogen-bond donors (Lipinski definition) is 0. The first kappa shape index (κ1) is 8.72. The zero-order valence-corrected chi connectivity index (χ0v) is 8.15. The molecule has 0 amide bonds. The second kappa shape index (κ2) is 3.47. The molecule has 0 spiro atoms. The van der Waals surface area contributed by atoms with E-state index in [-0.39, 0.29) is 5.97 Å². The standard InChI is InChI=1S/C9H10O3S/c1-11-9(10)7-5-13-8-4-12-3-2-6(7)8/h5H,2-4H2,1H3. The molecule has 1 aromatic rings. The molecule has 0 saturated carbocycles. The molecule has 0 fully saturated rings. The van der Waals surface area contributed by atoms with Crippen molar-refractivity contribution in [1.29, 1.82) is 0 Å². The second-order valence-electron chi connectivity index (χ2n) is 2.85. The minimum Gasteiger partial charge on any atom is -0.465 e. The van der Waals surface area contributed by atoms with Crippen LogP contribution in [-0.4, -0.2) is 19.7 Å². The zero-order chi connectivity index (χ0) is 9.26. The zero-order valence-electron chi connectivity index (χ0n) is 7.33. The SMILES string of the molecule is COC(=O)c1csc2c1CCOC2. The first-order valence-corrected chi connectivity index (χ1v) is 4.96. The summed E-state index contributed by atoms with van der Waals surface area (Å²) in [5.74, 6) is -0.237. The molecule has 3 nitrogen and oxygen atoms in total. The van der Waals surface area contributed by atoms with E-state index in [0.29, 0.717) is 18.8 Å². The summed E-state index contributed by atoms with van der Waals surface area (Å²) < 4.78 is 9.97. The summed E-state index contributed by atoms with van der Waals surface area (Å²) in [6, 6.07) is 0. The third kappa shape index (κ3) is 1.47. The van der Waals surface area contributed by atoms with Gasteiger partial charge in [0.25, 0.3) is 0 Å². The molecule has 0 bridgehead atoms. The van der Waals surface area contributed by atoms with Crippen LogP contribution in [0.5, 0.6) is 0 Å². The molecule has 0 aromatic carbocycles. The molecule has 0 N–H and O–H groups in total. The molecule has 0 aliphatic carbocycles. The van der Waals surface area contributed by atoms with Gasteiger partial charge in [0.15, 0.2) is 0 Å². The highest BCUT2D eigenvalue weighted by Crippen LogP contribution is 2.27. The maximum atomic E-state index is 11.3. The summed E-state index contributed by atoms with van der Waals surface area (Å²) in [7, 11) is 1.41. The van der Waals surface area contributed by atoms with Crippen molar-refractivity contribution in [1.82, 2.24) is 0 Å². The maximum Gasteiger partial charge on any atom is 0.338 e. The van der Waals surface area contributed by atoms with Gasteiger partial charge in [0, 0.05) is 10.3 Å². The molecule has 70 valence electrons. The van der Waals surface area contributed by atoms with Crippen LogP contribution in [0.4, 0.5) is 0 Å². The van der Waals surface area contributed by atoms with Gasteiger partial charge in [-0.15, -0.1) is 11.3 Å². The van der Waals surface area contributed by atoms with E-state index >= 15 is 0 Å². The summed E-state index contributed by atoms with van der Waals surface area (Å²) in [5, 5.41) is 1.85. The van der Waals surface area contributed by atoms with E-state index in [1.54, 1.807) is 11.3 Å². The van der Waals surface area contributed by atoms with E-state index in [4.69, 9.17) is 4.74 Å². The lowest BCUT2D eigenvalue weighted by molar-refractivity contribution is 0.0596. The van der Waals surface area contributed by atoms with Crippen LogP contribution in [0.1, 0.15) is 20.8 Å². The van der Waals surface area contributed by atoms with Crippen molar-refractivity contribution in [3.05, 3.63) is 21.4 Å². The monoisotopic (exact) mass is 198 g/mol. The summed E-state index contributed by atoms with van der Waals surface area (Å²) in [4.78, 5) is 12.4. The predicted molar refractivity (Wildman–Crippen MR) is 49.0 cm³/mol. The van der Waals surface area contributed by atoms with Gasteiger partial charge >= 0.3 is 5.97 Å². The van der Waals surface area contributed by atoms with Crippen molar-refractivity contribution in [2.24, 2.45) is 0 Å². The van der Waals surface area contributed by atoms with Crippen molar-refractivity contribution >= 4 is 17.3 Å². The highest BCUT2D eigenvalue weighted by Gasteiger charge is 2.20. The van der Waals surface area contributed by atoms with Gasteiger partial charge in [0.05, 0.1) is 25.9 Å². The van der Waals surface area contributed by atoms with Gasteiger partial charge in [0.2, 0.25) is 0 Å². The van der Waals surface area contributed by atoms with Crippen molar-refractivity contribution in [3.8, 4) is 0 Å². The minimum absolute atomic E-state index is 0.237. The first-order chi connectivity index (χ1) is 6.33. The lowest BCUT2D eigenvalue weighted by Crippen LogP contribution is -2.11. The Labute approximate surface area is 80.3 Å². The molecule has 13 heavy (non-hydrogen) atoms. The molecule has 0 radical (unpaired) electrons. The summed E-state index contributed by atoms with van der Waals surface area (Å²) in [5.41, 5.74) is 1.83. The van der Waals surface area contributed by atoms with Crippen LogP contribution in [0.3, 0.4) is 0 Å². The Morgan fingerprint density at radius 2 is 2.54 bits per heavy atom. The molecular formula is C9H10O3S. The van der Waals surface area contributed by atoms with Gasteiger partial charge in [-0.25, -0.2) is 4.79 Å². The third-order valence-corrected chi connectivity index (χ3v) is 3.12. The number of thiophene rings is 1. The Morgan fingerprint density at radius 3 is 3.31 bits per heavy atom. The van der Waals surface area contributed by atoms with Crippen LogP contribution in [0.15, 0.2) is 5.38 Å². The van der Waals surface area contributed by atoms with Crippen LogP contribution in [0, 0.1) is 0 Å². The number of hydrogen-bond acceptors (Lipinski definition) is 4. The van der Waals surface area contributed by atoms with Crippen molar-refractivity contribution in [2.45, 2.75) is 13.0 Å². The number of carbonyl (C=O) groups excluding carboxylic acids is 1. The van der Waals surface area contributed by atoms with E-state index in [2.05, 4.69) is 4.74 Å². The number of esters is 1. The van der Waals surface area contributed by atoms with E-state index in [1.807, 2.05) is 5.38 Å². The largest absolute Gasteiger partial charge is 0.465 e. The summed E-state index contributed by atoms with van der Waals surface area (Å²) in [6.45, 7) is 1.34. The molecule has 4 heteroatoms. The van der Waals surface area contributed by atoms with Gasteiger partial charge in [-0.2, -0.15) is 0 Å². The Morgan fingerprint density at radius 1 is 1.69 bits per heavy atom. The molecule has 2 heterocycles. The number of methoxy groups -OCH3 is 1. The fourth-order valence-electron chi connectivity index (χ4n) is 1.44. The topological polar surface area (TPSA) is 35.5 Å². The fraction of sp³-hybridized carbons (Fsp3) is 0.444. The number of carbonyl (C=O) groups is 1. The van der Waals surface area contributed by atoms with Crippen LogP contribution in [0.25, 0.3) is 0 Å². The molecule has 1 aromatic heterocycles. The highest BCUT2D eigenvalue weighted by atomic mass is 32.1. The van der Waals surface area contributed by atoms with Crippen LogP contribution in [-0.2, 0) is 22.5 Å². The van der Waals surface area contributed by atoms with E-state index in [9.17, 15) is 4.79 Å². The van der Waals surface area contributed by atoms with E-state index < -0.39 is 0 Å². The fourth-order valence-corrected chi connectivity index (χ4v) is 2.44. The van der Waals surface area contributed by atoms with Crippen molar-refractivity contribution in [2.75, 3.05) is 13.7 Å². The van der Waals surface area contributed by atoms with Crippen LogP contribution in [0.2, 0.25) is 0 Å². The van der Waals surface area contributed by atoms with Gasteiger partial charge in [0.1, 0.15) is 0 Å². The minimum atomic E-state index is -0.237. The first-order valence-electron chi connectivity index (χ1n) is 4.08. The quantitative estimate of drug-likeness (QED) is 0.643. The average Bonchev–Trinajstić information content (AvgIpc) is 2.60. The van der Waals surface area contributed by atoms with E-state index in [0.717, 1.165) is 16.9 Å². The van der Waals surface area contributed by atoms with Gasteiger partial charge < -0.3 is 9.47 Å². The molecule has 0 atom stereocenters. The van der Waals surface area contributed by atoms with Gasteiger partial charge in [-0.05, 0) is 12.0 Å². The molecule has 0 unspecified atom stereocenters. The molecule has 1 aliphatic rings. The molecule has 1 aliphatic heterocycles. The Bertz CT molecular complexity index is 330. The third-order valence-electron chi connectivity index (χ3n) is 2.12. The van der Waals surface area contributed by atoms with Crippen LogP contribution >= 0.6 is 11.3 Å².